The second kappa shape index (κ2) is 7.66. The van der Waals surface area contributed by atoms with Crippen molar-refractivity contribution < 1.29 is 18.4 Å². The number of nitrogens with zero attached hydrogens (tertiary/aromatic N) is 1. The fourth-order valence-electron chi connectivity index (χ4n) is 2.29. The SMILES string of the molecule is CON(C)C(=O)C[C@H](c1ccc(Br)cc1)c1ccc(F)cc1F. The van der Waals surface area contributed by atoms with Gasteiger partial charge in [0.1, 0.15) is 11.6 Å². The first-order valence-corrected chi connectivity index (χ1v) is 7.72. The first-order chi connectivity index (χ1) is 10.9. The van der Waals surface area contributed by atoms with Gasteiger partial charge in [-0.1, -0.05) is 34.1 Å². The van der Waals surface area contributed by atoms with Crippen molar-refractivity contribution in [2.45, 2.75) is 12.3 Å². The van der Waals surface area contributed by atoms with Gasteiger partial charge in [-0.05, 0) is 29.3 Å². The number of hydroxylamine groups is 2. The Morgan fingerprint density at radius 1 is 1.22 bits per heavy atom. The third kappa shape index (κ3) is 4.36. The summed E-state index contributed by atoms with van der Waals surface area (Å²) in [5.74, 6) is -2.16. The smallest absolute Gasteiger partial charge is 0.246 e. The minimum atomic E-state index is -0.675. The lowest BCUT2D eigenvalue weighted by Gasteiger charge is -2.21. The molecule has 1 amide bonds. The molecular formula is C17H16BrF2NO2. The van der Waals surface area contributed by atoms with Gasteiger partial charge in [-0.3, -0.25) is 9.63 Å². The van der Waals surface area contributed by atoms with E-state index in [2.05, 4.69) is 15.9 Å². The van der Waals surface area contributed by atoms with E-state index in [0.717, 1.165) is 21.2 Å². The molecule has 0 aromatic heterocycles. The van der Waals surface area contributed by atoms with Crippen molar-refractivity contribution in [3.8, 4) is 0 Å². The van der Waals surface area contributed by atoms with Crippen LogP contribution in [0.4, 0.5) is 8.78 Å². The molecule has 1 atom stereocenters. The summed E-state index contributed by atoms with van der Waals surface area (Å²) in [6.07, 6.45) is 0.00846. The molecule has 0 aliphatic rings. The first-order valence-electron chi connectivity index (χ1n) is 6.93. The van der Waals surface area contributed by atoms with Crippen molar-refractivity contribution in [1.29, 1.82) is 0 Å². The molecule has 0 unspecified atom stereocenters. The van der Waals surface area contributed by atoms with Crippen LogP contribution in [-0.4, -0.2) is 25.1 Å². The quantitative estimate of drug-likeness (QED) is 0.721. The van der Waals surface area contributed by atoms with Crippen LogP contribution in [0.15, 0.2) is 46.9 Å². The molecule has 0 heterocycles. The maximum Gasteiger partial charge on any atom is 0.246 e. The van der Waals surface area contributed by atoms with E-state index in [-0.39, 0.29) is 17.9 Å². The Morgan fingerprint density at radius 2 is 1.87 bits per heavy atom. The molecular weight excluding hydrogens is 368 g/mol. The van der Waals surface area contributed by atoms with Gasteiger partial charge in [-0.25, -0.2) is 13.8 Å². The average molecular weight is 384 g/mol. The van der Waals surface area contributed by atoms with Crippen molar-refractivity contribution in [1.82, 2.24) is 5.06 Å². The number of hydrogen-bond acceptors (Lipinski definition) is 2. The van der Waals surface area contributed by atoms with Crippen molar-refractivity contribution in [2.75, 3.05) is 14.2 Å². The highest BCUT2D eigenvalue weighted by molar-refractivity contribution is 9.10. The number of halogens is 3. The van der Waals surface area contributed by atoms with Crippen LogP contribution in [0.3, 0.4) is 0 Å². The highest BCUT2D eigenvalue weighted by Gasteiger charge is 2.23. The van der Waals surface area contributed by atoms with E-state index >= 15 is 0 Å². The number of benzene rings is 2. The minimum Gasteiger partial charge on any atom is -0.275 e. The standard InChI is InChI=1S/C17H16BrF2NO2/c1-21(23-2)17(22)10-15(11-3-5-12(18)6-4-11)14-8-7-13(19)9-16(14)20/h3-9,15H,10H2,1-2H3/t15-/m1/s1. The Hall–Kier alpha value is -1.79. The summed E-state index contributed by atoms with van der Waals surface area (Å²) in [5, 5.41) is 1.09. The lowest BCUT2D eigenvalue weighted by atomic mass is 9.88. The Kier molecular flexibility index (Phi) is 5.85. The molecule has 0 saturated carbocycles. The molecule has 0 bridgehead atoms. The maximum atomic E-state index is 14.2. The van der Waals surface area contributed by atoms with Crippen LogP contribution in [-0.2, 0) is 9.63 Å². The summed E-state index contributed by atoms with van der Waals surface area (Å²) in [6.45, 7) is 0. The van der Waals surface area contributed by atoms with Crippen molar-refractivity contribution in [2.24, 2.45) is 0 Å². The molecule has 0 spiro atoms. The fraction of sp³-hybridized carbons (Fsp3) is 0.235. The number of carbonyl (C=O) groups is 1. The second-order valence-electron chi connectivity index (χ2n) is 5.05. The molecule has 2 aromatic carbocycles. The number of rotatable bonds is 5. The molecule has 0 saturated heterocycles. The van der Waals surface area contributed by atoms with Crippen LogP contribution in [0.5, 0.6) is 0 Å². The van der Waals surface area contributed by atoms with E-state index in [1.54, 1.807) is 12.1 Å². The van der Waals surface area contributed by atoms with Gasteiger partial charge in [0.05, 0.1) is 7.11 Å². The van der Waals surface area contributed by atoms with Crippen LogP contribution in [0, 0.1) is 11.6 Å². The predicted octanol–water partition coefficient (Wildman–Crippen LogP) is 4.27. The van der Waals surface area contributed by atoms with Crippen LogP contribution >= 0.6 is 15.9 Å². The van der Waals surface area contributed by atoms with E-state index < -0.39 is 17.6 Å². The first kappa shape index (κ1) is 17.6. The fourth-order valence-corrected chi connectivity index (χ4v) is 2.56. The lowest BCUT2D eigenvalue weighted by molar-refractivity contribution is -0.168. The van der Waals surface area contributed by atoms with E-state index in [1.807, 2.05) is 12.1 Å². The third-order valence-corrected chi connectivity index (χ3v) is 4.14. The van der Waals surface area contributed by atoms with Crippen molar-refractivity contribution in [3.05, 3.63) is 69.7 Å². The number of amides is 1. The summed E-state index contributed by atoms with van der Waals surface area (Å²) in [6, 6.07) is 10.6. The highest BCUT2D eigenvalue weighted by Crippen LogP contribution is 2.31. The van der Waals surface area contributed by atoms with Crippen LogP contribution < -0.4 is 0 Å². The highest BCUT2D eigenvalue weighted by atomic mass is 79.9. The van der Waals surface area contributed by atoms with Gasteiger partial charge in [-0.2, -0.15) is 0 Å². The van der Waals surface area contributed by atoms with Crippen LogP contribution in [0.2, 0.25) is 0 Å². The average Bonchev–Trinajstić information content (AvgIpc) is 2.53. The van der Waals surface area contributed by atoms with Gasteiger partial charge in [0.25, 0.3) is 0 Å². The summed E-state index contributed by atoms with van der Waals surface area (Å²) in [5.41, 5.74) is 1.03. The van der Waals surface area contributed by atoms with Gasteiger partial charge >= 0.3 is 0 Å². The molecule has 3 nitrogen and oxygen atoms in total. The molecule has 23 heavy (non-hydrogen) atoms. The Morgan fingerprint density at radius 3 is 2.43 bits per heavy atom. The van der Waals surface area contributed by atoms with Crippen LogP contribution in [0.25, 0.3) is 0 Å². The molecule has 2 aromatic rings. The molecule has 2 rings (SSSR count). The summed E-state index contributed by atoms with van der Waals surface area (Å²) in [4.78, 5) is 17.0. The van der Waals surface area contributed by atoms with E-state index in [4.69, 9.17) is 4.84 Å². The summed E-state index contributed by atoms with van der Waals surface area (Å²) in [7, 11) is 2.87. The van der Waals surface area contributed by atoms with Crippen LogP contribution in [0.1, 0.15) is 23.5 Å². The third-order valence-electron chi connectivity index (χ3n) is 3.61. The summed E-state index contributed by atoms with van der Waals surface area (Å²) >= 11 is 3.34. The predicted molar refractivity (Wildman–Crippen MR) is 86.7 cm³/mol. The molecule has 122 valence electrons. The summed E-state index contributed by atoms with van der Waals surface area (Å²) < 4.78 is 28.2. The van der Waals surface area contributed by atoms with E-state index in [1.165, 1.54) is 26.3 Å². The van der Waals surface area contributed by atoms with Crippen molar-refractivity contribution >= 4 is 21.8 Å². The van der Waals surface area contributed by atoms with E-state index in [0.29, 0.717) is 0 Å². The Balaban J connectivity index is 2.42. The Labute approximate surface area is 142 Å². The molecule has 0 fully saturated rings. The molecule has 0 aliphatic heterocycles. The minimum absolute atomic E-state index is 0.00846. The Bertz CT molecular complexity index is 691. The topological polar surface area (TPSA) is 29.5 Å². The monoisotopic (exact) mass is 383 g/mol. The molecule has 0 radical (unpaired) electrons. The maximum absolute atomic E-state index is 14.2. The van der Waals surface area contributed by atoms with Gasteiger partial charge in [0.2, 0.25) is 5.91 Å². The van der Waals surface area contributed by atoms with Gasteiger partial charge in [0.15, 0.2) is 0 Å². The molecule has 0 aliphatic carbocycles. The van der Waals surface area contributed by atoms with Gasteiger partial charge < -0.3 is 0 Å². The number of carbonyl (C=O) groups excluding carboxylic acids is 1. The zero-order valence-electron chi connectivity index (χ0n) is 12.7. The lowest BCUT2D eigenvalue weighted by Crippen LogP contribution is -2.27. The van der Waals surface area contributed by atoms with E-state index in [9.17, 15) is 13.6 Å². The zero-order valence-corrected chi connectivity index (χ0v) is 14.3. The van der Waals surface area contributed by atoms with Gasteiger partial charge in [-0.15, -0.1) is 0 Å². The van der Waals surface area contributed by atoms with Crippen molar-refractivity contribution in [3.63, 3.8) is 0 Å². The number of hydrogen-bond donors (Lipinski definition) is 0. The largest absolute Gasteiger partial charge is 0.275 e. The molecule has 0 N–H and O–H groups in total. The normalized spacial score (nSPS) is 12.0. The van der Waals surface area contributed by atoms with Gasteiger partial charge in [0, 0.05) is 29.9 Å². The zero-order chi connectivity index (χ0) is 17.0. The molecule has 6 heteroatoms. The second-order valence-corrected chi connectivity index (χ2v) is 5.96.